The average Bonchev–Trinajstić information content (AvgIpc) is 2.59. The molecule has 0 aliphatic rings. The summed E-state index contributed by atoms with van der Waals surface area (Å²) in [6, 6.07) is 10.1. The molecule has 0 heterocycles. The number of aromatic hydroxyl groups is 1. The molecule has 0 aliphatic heterocycles. The zero-order valence-electron chi connectivity index (χ0n) is 14.7. The third-order valence-electron chi connectivity index (χ3n) is 3.96. The Labute approximate surface area is 151 Å². The summed E-state index contributed by atoms with van der Waals surface area (Å²) in [5.41, 5.74) is 5.42. The van der Waals surface area contributed by atoms with E-state index in [0.29, 0.717) is 24.0 Å². The summed E-state index contributed by atoms with van der Waals surface area (Å²) in [4.78, 5) is 22.3. The molecule has 0 fully saturated rings. The van der Waals surface area contributed by atoms with Crippen LogP contribution in [0.5, 0.6) is 5.75 Å². The summed E-state index contributed by atoms with van der Waals surface area (Å²) in [7, 11) is 0. The Morgan fingerprint density at radius 1 is 1.23 bits per heavy atom. The van der Waals surface area contributed by atoms with E-state index in [1.54, 1.807) is 25.1 Å². The van der Waals surface area contributed by atoms with Gasteiger partial charge in [-0.2, -0.15) is 5.10 Å². The van der Waals surface area contributed by atoms with E-state index in [-0.39, 0.29) is 17.3 Å². The van der Waals surface area contributed by atoms with Crippen LogP contribution in [-0.4, -0.2) is 22.2 Å². The van der Waals surface area contributed by atoms with E-state index >= 15 is 0 Å². The molecule has 0 bridgehead atoms. The van der Waals surface area contributed by atoms with Crippen LogP contribution in [0, 0.1) is 24.0 Å². The smallest absolute Gasteiger partial charge is 0.272 e. The number of nitrogens with one attached hydrogen (secondary N) is 1. The number of carbonyl (C=O) groups is 1. The van der Waals surface area contributed by atoms with Crippen molar-refractivity contribution in [2.75, 3.05) is 0 Å². The first-order valence-electron chi connectivity index (χ1n) is 8.22. The summed E-state index contributed by atoms with van der Waals surface area (Å²) in [6.07, 6.45) is 3.07. The SMILES string of the molecule is Cc1cc(CCCC(=O)N/N=C/c2ccc(C)c([N+](=O)[O-])c2)ccc1O. The summed E-state index contributed by atoms with van der Waals surface area (Å²) in [5.74, 6) is 0.0375. The second-order valence-corrected chi connectivity index (χ2v) is 6.07. The Balaban J connectivity index is 1.81. The van der Waals surface area contributed by atoms with E-state index in [9.17, 15) is 20.0 Å². The number of benzene rings is 2. The molecule has 26 heavy (non-hydrogen) atoms. The van der Waals surface area contributed by atoms with Crippen LogP contribution in [0.3, 0.4) is 0 Å². The number of phenols is 1. The van der Waals surface area contributed by atoms with Crippen LogP contribution >= 0.6 is 0 Å². The molecule has 7 nitrogen and oxygen atoms in total. The second kappa shape index (κ2) is 8.75. The predicted octanol–water partition coefficient (Wildman–Crippen LogP) is 3.39. The van der Waals surface area contributed by atoms with Crippen LogP contribution in [0.2, 0.25) is 0 Å². The summed E-state index contributed by atoms with van der Waals surface area (Å²) in [5, 5.41) is 24.2. The molecular formula is C19H21N3O4. The standard InChI is InChI=1S/C19H21N3O4/c1-13-6-7-16(11-17(13)22(25)26)12-20-21-19(24)5-3-4-15-8-9-18(23)14(2)10-15/h6-12,23H,3-5H2,1-2H3,(H,21,24)/b20-12+. The Hall–Kier alpha value is -3.22. The van der Waals surface area contributed by atoms with E-state index in [1.165, 1.54) is 12.3 Å². The molecule has 2 N–H and O–H groups in total. The van der Waals surface area contributed by atoms with Gasteiger partial charge in [0.15, 0.2) is 0 Å². The lowest BCUT2D eigenvalue weighted by atomic mass is 10.1. The number of nitro benzene ring substituents is 1. The van der Waals surface area contributed by atoms with Gasteiger partial charge in [0.25, 0.3) is 5.69 Å². The number of nitro groups is 1. The number of nitrogens with zero attached hydrogens (tertiary/aromatic N) is 2. The molecule has 2 aromatic carbocycles. The van der Waals surface area contributed by atoms with Gasteiger partial charge in [-0.3, -0.25) is 14.9 Å². The molecule has 0 atom stereocenters. The number of hydrogen-bond acceptors (Lipinski definition) is 5. The molecular weight excluding hydrogens is 334 g/mol. The van der Waals surface area contributed by atoms with Crippen molar-refractivity contribution in [2.24, 2.45) is 5.10 Å². The van der Waals surface area contributed by atoms with E-state index in [1.807, 2.05) is 19.1 Å². The van der Waals surface area contributed by atoms with E-state index in [4.69, 9.17) is 0 Å². The molecule has 0 aromatic heterocycles. The van der Waals surface area contributed by atoms with Crippen LogP contribution in [0.4, 0.5) is 5.69 Å². The Morgan fingerprint density at radius 2 is 2.00 bits per heavy atom. The van der Waals surface area contributed by atoms with Crippen LogP contribution in [-0.2, 0) is 11.2 Å². The molecule has 7 heteroatoms. The van der Waals surface area contributed by atoms with Gasteiger partial charge in [0, 0.05) is 23.6 Å². The minimum absolute atomic E-state index is 0.0180. The fourth-order valence-electron chi connectivity index (χ4n) is 2.46. The highest BCUT2D eigenvalue weighted by Crippen LogP contribution is 2.19. The topological polar surface area (TPSA) is 105 Å². The lowest BCUT2D eigenvalue weighted by Gasteiger charge is -2.04. The zero-order valence-corrected chi connectivity index (χ0v) is 14.7. The number of hydrogen-bond donors (Lipinski definition) is 2. The first-order chi connectivity index (χ1) is 12.4. The van der Waals surface area contributed by atoms with Gasteiger partial charge in [-0.05, 0) is 43.9 Å². The molecule has 0 unspecified atom stereocenters. The Kier molecular flexibility index (Phi) is 6.43. The molecule has 0 radical (unpaired) electrons. The van der Waals surface area contributed by atoms with Crippen molar-refractivity contribution >= 4 is 17.8 Å². The minimum atomic E-state index is -0.448. The fourth-order valence-corrected chi connectivity index (χ4v) is 2.46. The summed E-state index contributed by atoms with van der Waals surface area (Å²) in [6.45, 7) is 3.49. The molecule has 2 rings (SSSR count). The molecule has 0 spiro atoms. The summed E-state index contributed by atoms with van der Waals surface area (Å²) < 4.78 is 0. The van der Waals surface area contributed by atoms with E-state index in [0.717, 1.165) is 17.5 Å². The van der Waals surface area contributed by atoms with Crippen molar-refractivity contribution in [3.63, 3.8) is 0 Å². The normalized spacial score (nSPS) is 10.8. The lowest BCUT2D eigenvalue weighted by Crippen LogP contribution is -2.17. The van der Waals surface area contributed by atoms with Crippen molar-refractivity contribution < 1.29 is 14.8 Å². The largest absolute Gasteiger partial charge is 0.508 e. The third-order valence-corrected chi connectivity index (χ3v) is 3.96. The maximum Gasteiger partial charge on any atom is 0.272 e. The number of phenolic OH excluding ortho intramolecular Hbond substituents is 1. The van der Waals surface area contributed by atoms with Crippen molar-refractivity contribution in [1.82, 2.24) is 5.43 Å². The van der Waals surface area contributed by atoms with Gasteiger partial charge in [-0.15, -0.1) is 0 Å². The van der Waals surface area contributed by atoms with Gasteiger partial charge in [-0.1, -0.05) is 24.3 Å². The first-order valence-corrected chi connectivity index (χ1v) is 8.22. The first kappa shape index (κ1) is 19.1. The van der Waals surface area contributed by atoms with Gasteiger partial charge in [-0.25, -0.2) is 5.43 Å². The highest BCUT2D eigenvalue weighted by atomic mass is 16.6. The second-order valence-electron chi connectivity index (χ2n) is 6.07. The highest BCUT2D eigenvalue weighted by Gasteiger charge is 2.10. The van der Waals surface area contributed by atoms with Crippen molar-refractivity contribution in [3.05, 3.63) is 68.8 Å². The highest BCUT2D eigenvalue weighted by molar-refractivity contribution is 5.83. The van der Waals surface area contributed by atoms with Crippen LogP contribution in [0.15, 0.2) is 41.5 Å². The van der Waals surface area contributed by atoms with Crippen molar-refractivity contribution in [3.8, 4) is 5.75 Å². The van der Waals surface area contributed by atoms with Crippen LogP contribution in [0.1, 0.15) is 35.1 Å². The Bertz CT molecular complexity index is 847. The van der Waals surface area contributed by atoms with E-state index < -0.39 is 4.92 Å². The molecule has 1 amide bonds. The number of hydrazone groups is 1. The van der Waals surface area contributed by atoms with Crippen molar-refractivity contribution in [2.45, 2.75) is 33.1 Å². The fraction of sp³-hybridized carbons (Fsp3) is 0.263. The van der Waals surface area contributed by atoms with Crippen LogP contribution in [0.25, 0.3) is 0 Å². The predicted molar refractivity (Wildman–Crippen MR) is 99.4 cm³/mol. The van der Waals surface area contributed by atoms with Gasteiger partial charge in [0.2, 0.25) is 5.91 Å². The third kappa shape index (κ3) is 5.41. The molecule has 0 aliphatic carbocycles. The number of amides is 1. The number of carbonyl (C=O) groups excluding carboxylic acids is 1. The number of aryl methyl sites for hydroxylation is 3. The van der Waals surface area contributed by atoms with Gasteiger partial charge < -0.3 is 5.11 Å². The zero-order chi connectivity index (χ0) is 19.1. The summed E-state index contributed by atoms with van der Waals surface area (Å²) >= 11 is 0. The van der Waals surface area contributed by atoms with E-state index in [2.05, 4.69) is 10.5 Å². The van der Waals surface area contributed by atoms with Gasteiger partial charge in [0.1, 0.15) is 5.75 Å². The molecule has 0 saturated carbocycles. The quantitative estimate of drug-likeness (QED) is 0.451. The van der Waals surface area contributed by atoms with Crippen LogP contribution < -0.4 is 5.43 Å². The Morgan fingerprint density at radius 3 is 2.69 bits per heavy atom. The van der Waals surface area contributed by atoms with Gasteiger partial charge >= 0.3 is 0 Å². The maximum atomic E-state index is 11.8. The minimum Gasteiger partial charge on any atom is -0.508 e. The number of rotatable bonds is 7. The monoisotopic (exact) mass is 355 g/mol. The van der Waals surface area contributed by atoms with Crippen molar-refractivity contribution in [1.29, 1.82) is 0 Å². The molecule has 0 saturated heterocycles. The van der Waals surface area contributed by atoms with Gasteiger partial charge in [0.05, 0.1) is 11.1 Å². The molecule has 136 valence electrons. The average molecular weight is 355 g/mol. The lowest BCUT2D eigenvalue weighted by molar-refractivity contribution is -0.385. The molecule has 2 aromatic rings. The maximum absolute atomic E-state index is 11.8.